The van der Waals surface area contributed by atoms with E-state index in [1.54, 1.807) is 14.2 Å². The second-order valence-corrected chi connectivity index (χ2v) is 7.60. The number of carbonyl (C=O) groups excluding carboxylic acids is 1. The SMILES string of the molecule is COCCn1c(=NC(=O)Cc2cccc(OC)c2)sc2cc(Br)ccc21. The van der Waals surface area contributed by atoms with E-state index >= 15 is 0 Å². The largest absolute Gasteiger partial charge is 0.497 e. The van der Waals surface area contributed by atoms with E-state index in [1.165, 1.54) is 11.3 Å². The number of methoxy groups -OCH3 is 2. The smallest absolute Gasteiger partial charge is 0.252 e. The monoisotopic (exact) mass is 434 g/mol. The van der Waals surface area contributed by atoms with Crippen molar-refractivity contribution in [2.45, 2.75) is 13.0 Å². The quantitative estimate of drug-likeness (QED) is 0.592. The molecule has 0 N–H and O–H groups in total. The summed E-state index contributed by atoms with van der Waals surface area (Å²) in [6.07, 6.45) is 0.236. The van der Waals surface area contributed by atoms with E-state index in [1.807, 2.05) is 47.0 Å². The number of nitrogens with zero attached hydrogens (tertiary/aromatic N) is 2. The van der Waals surface area contributed by atoms with Crippen molar-refractivity contribution in [2.24, 2.45) is 4.99 Å². The fourth-order valence-corrected chi connectivity index (χ4v) is 4.26. The van der Waals surface area contributed by atoms with Crippen LogP contribution in [0.5, 0.6) is 5.75 Å². The third kappa shape index (κ3) is 4.41. The lowest BCUT2D eigenvalue weighted by atomic mass is 10.1. The van der Waals surface area contributed by atoms with Crippen LogP contribution in [0.1, 0.15) is 5.56 Å². The van der Waals surface area contributed by atoms with E-state index in [9.17, 15) is 4.79 Å². The molecule has 7 heteroatoms. The van der Waals surface area contributed by atoms with Gasteiger partial charge in [0.2, 0.25) is 0 Å². The first-order chi connectivity index (χ1) is 12.6. The molecule has 5 nitrogen and oxygen atoms in total. The van der Waals surface area contributed by atoms with Crippen molar-refractivity contribution in [3.63, 3.8) is 0 Å². The minimum absolute atomic E-state index is 0.185. The summed E-state index contributed by atoms with van der Waals surface area (Å²) >= 11 is 4.99. The lowest BCUT2D eigenvalue weighted by molar-refractivity contribution is -0.117. The minimum atomic E-state index is -0.185. The molecule has 0 bridgehead atoms. The van der Waals surface area contributed by atoms with Crippen molar-refractivity contribution < 1.29 is 14.3 Å². The molecule has 3 rings (SSSR count). The van der Waals surface area contributed by atoms with Crippen LogP contribution in [0.4, 0.5) is 0 Å². The van der Waals surface area contributed by atoms with E-state index in [0.29, 0.717) is 18.0 Å². The minimum Gasteiger partial charge on any atom is -0.497 e. The summed E-state index contributed by atoms with van der Waals surface area (Å²) in [4.78, 5) is 17.5. The molecule has 3 aromatic rings. The third-order valence-electron chi connectivity index (χ3n) is 3.87. The van der Waals surface area contributed by atoms with E-state index in [2.05, 4.69) is 20.9 Å². The second kappa shape index (κ2) is 8.62. The van der Waals surface area contributed by atoms with Crippen LogP contribution in [0.25, 0.3) is 10.2 Å². The van der Waals surface area contributed by atoms with Crippen molar-refractivity contribution in [3.8, 4) is 5.75 Å². The van der Waals surface area contributed by atoms with Crippen LogP contribution in [0, 0.1) is 0 Å². The number of carbonyl (C=O) groups is 1. The van der Waals surface area contributed by atoms with Gasteiger partial charge in [0.05, 0.1) is 30.4 Å². The first-order valence-corrected chi connectivity index (χ1v) is 9.70. The highest BCUT2D eigenvalue weighted by Gasteiger charge is 2.09. The van der Waals surface area contributed by atoms with Crippen LogP contribution in [0.3, 0.4) is 0 Å². The summed E-state index contributed by atoms with van der Waals surface area (Å²) in [6.45, 7) is 1.20. The molecule has 0 saturated carbocycles. The molecule has 0 atom stereocenters. The summed E-state index contributed by atoms with van der Waals surface area (Å²) < 4.78 is 14.5. The number of ether oxygens (including phenoxy) is 2. The highest BCUT2D eigenvalue weighted by molar-refractivity contribution is 9.10. The van der Waals surface area contributed by atoms with Crippen LogP contribution in [0.15, 0.2) is 51.9 Å². The van der Waals surface area contributed by atoms with Gasteiger partial charge < -0.3 is 14.0 Å². The maximum absolute atomic E-state index is 12.5. The Morgan fingerprint density at radius 3 is 2.85 bits per heavy atom. The molecule has 0 saturated heterocycles. The molecule has 0 spiro atoms. The van der Waals surface area contributed by atoms with E-state index in [0.717, 1.165) is 26.0 Å². The Hall–Kier alpha value is -1.96. The second-order valence-electron chi connectivity index (χ2n) is 5.67. The zero-order valence-corrected chi connectivity index (χ0v) is 17.0. The molecule has 0 aliphatic carbocycles. The van der Waals surface area contributed by atoms with Gasteiger partial charge in [-0.15, -0.1) is 0 Å². The Labute approximate surface area is 164 Å². The Morgan fingerprint density at radius 1 is 1.23 bits per heavy atom. The maximum Gasteiger partial charge on any atom is 0.252 e. The standard InChI is InChI=1S/C19H19BrN2O3S/c1-24-9-8-22-16-7-6-14(20)12-17(16)26-19(22)21-18(23)11-13-4-3-5-15(10-13)25-2/h3-7,10,12H,8-9,11H2,1-2H3. The van der Waals surface area contributed by atoms with Gasteiger partial charge in [-0.3, -0.25) is 4.79 Å². The van der Waals surface area contributed by atoms with Crippen molar-refractivity contribution >= 4 is 43.4 Å². The molecular weight excluding hydrogens is 416 g/mol. The predicted octanol–water partition coefficient (Wildman–Crippen LogP) is 3.79. The molecule has 2 aromatic carbocycles. The molecular formula is C19H19BrN2O3S. The number of aromatic nitrogens is 1. The number of thiazole rings is 1. The fourth-order valence-electron chi connectivity index (χ4n) is 2.63. The van der Waals surface area contributed by atoms with Gasteiger partial charge >= 0.3 is 0 Å². The van der Waals surface area contributed by atoms with Crippen LogP contribution in [-0.2, 0) is 22.5 Å². The third-order valence-corrected chi connectivity index (χ3v) is 5.41. The average Bonchev–Trinajstić information content (AvgIpc) is 2.95. The van der Waals surface area contributed by atoms with Gasteiger partial charge in [0.15, 0.2) is 4.80 Å². The van der Waals surface area contributed by atoms with Gasteiger partial charge in [-0.2, -0.15) is 4.99 Å². The summed E-state index contributed by atoms with van der Waals surface area (Å²) in [7, 11) is 3.27. The number of halogens is 1. The molecule has 26 heavy (non-hydrogen) atoms. The highest BCUT2D eigenvalue weighted by atomic mass is 79.9. The number of benzene rings is 2. The topological polar surface area (TPSA) is 52.8 Å². The van der Waals surface area contributed by atoms with Crippen molar-refractivity contribution in [1.29, 1.82) is 0 Å². The molecule has 1 heterocycles. The van der Waals surface area contributed by atoms with Crippen molar-refractivity contribution in [3.05, 3.63) is 57.3 Å². The number of fused-ring (bicyclic) bond motifs is 1. The van der Waals surface area contributed by atoms with Gasteiger partial charge in [-0.05, 0) is 35.9 Å². The van der Waals surface area contributed by atoms with Gasteiger partial charge in [-0.25, -0.2) is 0 Å². The maximum atomic E-state index is 12.5. The Morgan fingerprint density at radius 2 is 2.08 bits per heavy atom. The lowest BCUT2D eigenvalue weighted by Crippen LogP contribution is -2.19. The van der Waals surface area contributed by atoms with Crippen LogP contribution in [0.2, 0.25) is 0 Å². The zero-order valence-electron chi connectivity index (χ0n) is 14.6. The van der Waals surface area contributed by atoms with Crippen LogP contribution in [-0.4, -0.2) is 31.3 Å². The highest BCUT2D eigenvalue weighted by Crippen LogP contribution is 2.22. The zero-order chi connectivity index (χ0) is 18.5. The normalized spacial score (nSPS) is 11.9. The number of hydrogen-bond acceptors (Lipinski definition) is 4. The summed E-state index contributed by atoms with van der Waals surface area (Å²) in [5, 5.41) is 0. The molecule has 0 aliphatic heterocycles. The van der Waals surface area contributed by atoms with Gasteiger partial charge in [0.1, 0.15) is 5.75 Å². The van der Waals surface area contributed by atoms with Gasteiger partial charge in [0, 0.05) is 18.1 Å². The first kappa shape index (κ1) is 18.8. The molecule has 0 fully saturated rings. The number of hydrogen-bond donors (Lipinski definition) is 0. The predicted molar refractivity (Wildman–Crippen MR) is 107 cm³/mol. The van der Waals surface area contributed by atoms with E-state index < -0.39 is 0 Å². The van der Waals surface area contributed by atoms with E-state index in [-0.39, 0.29) is 12.3 Å². The molecule has 136 valence electrons. The summed E-state index contributed by atoms with van der Waals surface area (Å²) in [5.41, 5.74) is 1.92. The molecule has 0 unspecified atom stereocenters. The Kier molecular flexibility index (Phi) is 6.24. The van der Waals surface area contributed by atoms with Crippen LogP contribution >= 0.6 is 27.3 Å². The molecule has 1 amide bonds. The van der Waals surface area contributed by atoms with E-state index in [4.69, 9.17) is 9.47 Å². The molecule has 1 aromatic heterocycles. The lowest BCUT2D eigenvalue weighted by Gasteiger charge is -2.04. The number of amides is 1. The van der Waals surface area contributed by atoms with Gasteiger partial charge in [0.25, 0.3) is 5.91 Å². The average molecular weight is 435 g/mol. The van der Waals surface area contributed by atoms with Crippen molar-refractivity contribution in [2.75, 3.05) is 20.8 Å². The summed E-state index contributed by atoms with van der Waals surface area (Å²) in [5.74, 6) is 0.548. The summed E-state index contributed by atoms with van der Waals surface area (Å²) in [6, 6.07) is 13.5. The number of rotatable bonds is 6. The van der Waals surface area contributed by atoms with Crippen LogP contribution < -0.4 is 9.54 Å². The molecule has 0 aliphatic rings. The fraction of sp³-hybridized carbons (Fsp3) is 0.263. The molecule has 0 radical (unpaired) electrons. The first-order valence-electron chi connectivity index (χ1n) is 8.09. The van der Waals surface area contributed by atoms with Crippen molar-refractivity contribution in [1.82, 2.24) is 4.57 Å². The Balaban J connectivity index is 1.95. The van der Waals surface area contributed by atoms with Gasteiger partial charge in [-0.1, -0.05) is 39.4 Å². The Bertz CT molecular complexity index is 994.